The number of nitrogens with one attached hydrogen (secondary N) is 1. The van der Waals surface area contributed by atoms with E-state index in [1.54, 1.807) is 6.20 Å². The third-order valence-electron chi connectivity index (χ3n) is 4.83. The van der Waals surface area contributed by atoms with Gasteiger partial charge in [-0.1, -0.05) is 12.1 Å². The highest BCUT2D eigenvalue weighted by atomic mass is 16.5. The number of aryl methyl sites for hydroxylation is 1. The Balaban J connectivity index is 1.81. The molecule has 1 aromatic heterocycles. The molecule has 4 rings (SSSR count). The minimum Gasteiger partial charge on any atom is -0.493 e. The molecule has 0 radical (unpaired) electrons. The first-order valence-corrected chi connectivity index (χ1v) is 9.50. The molecule has 0 spiro atoms. The van der Waals surface area contributed by atoms with E-state index in [4.69, 9.17) is 10.5 Å². The number of hydrogen-bond acceptors (Lipinski definition) is 6. The van der Waals surface area contributed by atoms with Gasteiger partial charge in [-0.15, -0.1) is 0 Å². The number of nitrogen functional groups attached to an aromatic ring is 1. The smallest absolute Gasteiger partial charge is 0.278 e. The van der Waals surface area contributed by atoms with Crippen molar-refractivity contribution < 1.29 is 9.53 Å². The summed E-state index contributed by atoms with van der Waals surface area (Å²) >= 11 is 0. The molecule has 2 heterocycles. The maximum absolute atomic E-state index is 13.0. The molecule has 0 fully saturated rings. The van der Waals surface area contributed by atoms with Crippen LogP contribution in [0.4, 0.5) is 17.2 Å². The summed E-state index contributed by atoms with van der Waals surface area (Å²) in [6, 6.07) is 13.5. The van der Waals surface area contributed by atoms with Gasteiger partial charge in [0.15, 0.2) is 11.5 Å². The van der Waals surface area contributed by atoms with Crippen molar-refractivity contribution >= 4 is 23.1 Å². The number of carbonyl (C=O) groups excluding carboxylic acids is 1. The number of aromatic nitrogens is 2. The number of benzene rings is 2. The van der Waals surface area contributed by atoms with Crippen molar-refractivity contribution in [2.24, 2.45) is 0 Å². The van der Waals surface area contributed by atoms with Gasteiger partial charge in [0.25, 0.3) is 5.91 Å². The summed E-state index contributed by atoms with van der Waals surface area (Å²) in [5, 5.41) is 2.93. The second-order valence-corrected chi connectivity index (χ2v) is 7.12. The first-order valence-electron chi connectivity index (χ1n) is 9.50. The second kappa shape index (κ2) is 7.79. The van der Waals surface area contributed by atoms with E-state index < -0.39 is 5.91 Å². The fourth-order valence-electron chi connectivity index (χ4n) is 3.39. The third kappa shape index (κ3) is 3.99. The topological polar surface area (TPSA) is 93.4 Å². The monoisotopic (exact) mass is 389 g/mol. The molecule has 1 aliphatic heterocycles. The minimum absolute atomic E-state index is 0.0885. The predicted octanol–water partition coefficient (Wildman–Crippen LogP) is 3.51. The fraction of sp³-hybridized carbons (Fsp3) is 0.227. The average Bonchev–Trinajstić information content (AvgIpc) is 2.71. The first-order chi connectivity index (χ1) is 14.0. The summed E-state index contributed by atoms with van der Waals surface area (Å²) in [4.78, 5) is 23.7. The molecule has 1 amide bonds. The maximum atomic E-state index is 13.0. The van der Waals surface area contributed by atoms with Gasteiger partial charge in [-0.3, -0.25) is 4.79 Å². The molecule has 0 unspecified atom stereocenters. The summed E-state index contributed by atoms with van der Waals surface area (Å²) < 4.78 is 5.97. The third-order valence-corrected chi connectivity index (χ3v) is 4.83. The van der Waals surface area contributed by atoms with Crippen LogP contribution in [0.3, 0.4) is 0 Å². The number of para-hydroxylation sites is 2. The van der Waals surface area contributed by atoms with Gasteiger partial charge in [-0.25, -0.2) is 9.97 Å². The lowest BCUT2D eigenvalue weighted by Gasteiger charge is -2.22. The standard InChI is InChI=1S/C22H23N5O2/c1-14-10-15-12-16(11-14)29-9-5-8-27(2)19-7-4-3-6-17(19)26-22(28)20-21(23)24-13-18(15)25-20/h3-4,6-7,10-13H,5,8-9H2,1-2H3,(H2,23,24)(H,26,28). The van der Waals surface area contributed by atoms with Gasteiger partial charge in [-0.2, -0.15) is 0 Å². The van der Waals surface area contributed by atoms with E-state index in [9.17, 15) is 4.79 Å². The molecule has 0 atom stereocenters. The molecule has 0 aliphatic carbocycles. The summed E-state index contributed by atoms with van der Waals surface area (Å²) in [6.07, 6.45) is 2.41. The van der Waals surface area contributed by atoms with Crippen LogP contribution in [0, 0.1) is 6.92 Å². The lowest BCUT2D eigenvalue weighted by molar-refractivity contribution is 0.102. The van der Waals surface area contributed by atoms with Crippen molar-refractivity contribution in [1.29, 1.82) is 0 Å². The van der Waals surface area contributed by atoms with Crippen molar-refractivity contribution in [2.45, 2.75) is 13.3 Å². The summed E-state index contributed by atoms with van der Waals surface area (Å²) in [6.45, 7) is 3.36. The second-order valence-electron chi connectivity index (χ2n) is 7.12. The zero-order valence-corrected chi connectivity index (χ0v) is 16.5. The molecule has 3 aromatic rings. The summed E-state index contributed by atoms with van der Waals surface area (Å²) in [5.41, 5.74) is 10.1. The normalized spacial score (nSPS) is 14.1. The lowest BCUT2D eigenvalue weighted by atomic mass is 10.1. The van der Waals surface area contributed by atoms with Crippen molar-refractivity contribution in [1.82, 2.24) is 9.97 Å². The maximum Gasteiger partial charge on any atom is 0.278 e. The fourth-order valence-corrected chi connectivity index (χ4v) is 3.39. The predicted molar refractivity (Wildman–Crippen MR) is 114 cm³/mol. The molecular formula is C22H23N5O2. The SMILES string of the molecule is Cc1cc2cc(c1)-c1cnc(N)c(n1)C(=O)Nc1ccccc1N(C)CCCO2. The Morgan fingerprint density at radius 1 is 1.21 bits per heavy atom. The first kappa shape index (κ1) is 18.7. The molecular weight excluding hydrogens is 366 g/mol. The number of nitrogens with zero attached hydrogens (tertiary/aromatic N) is 3. The number of amides is 1. The summed E-state index contributed by atoms with van der Waals surface area (Å²) in [7, 11) is 1.99. The summed E-state index contributed by atoms with van der Waals surface area (Å²) in [5.74, 6) is 0.463. The number of hydrogen-bond donors (Lipinski definition) is 2. The van der Waals surface area contributed by atoms with E-state index in [0.717, 1.165) is 35.5 Å². The molecule has 3 N–H and O–H groups in total. The molecule has 0 saturated heterocycles. The van der Waals surface area contributed by atoms with Crippen LogP contribution in [-0.2, 0) is 0 Å². The van der Waals surface area contributed by atoms with Crippen LogP contribution in [0.2, 0.25) is 0 Å². The number of fused-ring (bicyclic) bond motifs is 6. The average molecular weight is 389 g/mol. The van der Waals surface area contributed by atoms with Crippen LogP contribution in [0.5, 0.6) is 5.75 Å². The minimum atomic E-state index is -0.392. The lowest BCUT2D eigenvalue weighted by Crippen LogP contribution is -2.23. The van der Waals surface area contributed by atoms with E-state index in [2.05, 4.69) is 20.2 Å². The Morgan fingerprint density at radius 2 is 2.03 bits per heavy atom. The van der Waals surface area contributed by atoms with Crippen molar-refractivity contribution in [3.63, 3.8) is 0 Å². The zero-order valence-electron chi connectivity index (χ0n) is 16.5. The molecule has 2 aromatic carbocycles. The highest BCUT2D eigenvalue weighted by Crippen LogP contribution is 2.28. The van der Waals surface area contributed by atoms with Gasteiger partial charge >= 0.3 is 0 Å². The largest absolute Gasteiger partial charge is 0.493 e. The molecule has 0 saturated carbocycles. The number of nitrogens with two attached hydrogens (primary N) is 1. The van der Waals surface area contributed by atoms with Crippen molar-refractivity contribution in [3.05, 3.63) is 59.9 Å². The van der Waals surface area contributed by atoms with Crippen LogP contribution >= 0.6 is 0 Å². The van der Waals surface area contributed by atoms with Gasteiger partial charge in [0.05, 0.1) is 29.9 Å². The number of rotatable bonds is 0. The number of carbonyl (C=O) groups is 1. The van der Waals surface area contributed by atoms with E-state index >= 15 is 0 Å². The molecule has 7 heteroatoms. The van der Waals surface area contributed by atoms with Gasteiger partial charge in [0, 0.05) is 19.2 Å². The zero-order chi connectivity index (χ0) is 20.4. The highest BCUT2D eigenvalue weighted by Gasteiger charge is 2.18. The quantitative estimate of drug-likeness (QED) is 0.611. The van der Waals surface area contributed by atoms with Crippen LogP contribution in [-0.4, -0.2) is 36.1 Å². The van der Waals surface area contributed by atoms with Gasteiger partial charge in [0.1, 0.15) is 5.75 Å². The molecule has 7 nitrogen and oxygen atoms in total. The Labute approximate surface area is 169 Å². The number of anilines is 3. The van der Waals surface area contributed by atoms with Crippen molar-refractivity contribution in [2.75, 3.05) is 36.1 Å². The van der Waals surface area contributed by atoms with Crippen LogP contribution in [0.1, 0.15) is 22.5 Å². The van der Waals surface area contributed by atoms with E-state index in [-0.39, 0.29) is 11.5 Å². The van der Waals surface area contributed by atoms with Gasteiger partial charge in [0.2, 0.25) is 0 Å². The highest BCUT2D eigenvalue weighted by molar-refractivity contribution is 6.07. The van der Waals surface area contributed by atoms with E-state index in [1.807, 2.05) is 56.4 Å². The van der Waals surface area contributed by atoms with Crippen LogP contribution in [0.15, 0.2) is 48.7 Å². The number of ether oxygens (including phenoxy) is 1. The Morgan fingerprint density at radius 3 is 2.90 bits per heavy atom. The Bertz CT molecular complexity index is 1070. The Kier molecular flexibility index (Phi) is 5.03. The molecule has 29 heavy (non-hydrogen) atoms. The van der Waals surface area contributed by atoms with Crippen molar-refractivity contribution in [3.8, 4) is 17.0 Å². The van der Waals surface area contributed by atoms with Crippen LogP contribution < -0.4 is 20.7 Å². The van der Waals surface area contributed by atoms with Gasteiger partial charge in [-0.05, 0) is 49.2 Å². The molecule has 1 aliphatic rings. The van der Waals surface area contributed by atoms with E-state index in [0.29, 0.717) is 18.0 Å². The molecule has 4 bridgehead atoms. The Hall–Kier alpha value is -3.61. The van der Waals surface area contributed by atoms with E-state index in [1.165, 1.54) is 0 Å². The molecule has 148 valence electrons. The van der Waals surface area contributed by atoms with Gasteiger partial charge < -0.3 is 20.7 Å². The van der Waals surface area contributed by atoms with Crippen LogP contribution in [0.25, 0.3) is 11.3 Å².